The first-order valence-corrected chi connectivity index (χ1v) is 11.4. The number of nitrogens with zero attached hydrogens (tertiary/aromatic N) is 1. The smallest absolute Gasteiger partial charge is 0.273 e. The van der Waals surface area contributed by atoms with E-state index in [0.29, 0.717) is 22.2 Å². The summed E-state index contributed by atoms with van der Waals surface area (Å²) in [5.41, 5.74) is 1.24. The van der Waals surface area contributed by atoms with Crippen molar-refractivity contribution in [2.24, 2.45) is 0 Å². The summed E-state index contributed by atoms with van der Waals surface area (Å²) >= 11 is 5.81. The molecule has 0 aliphatic heterocycles. The van der Waals surface area contributed by atoms with Crippen molar-refractivity contribution in [2.45, 2.75) is 36.6 Å². The molecule has 1 aliphatic rings. The van der Waals surface area contributed by atoms with Gasteiger partial charge in [0.1, 0.15) is 6.26 Å². The third kappa shape index (κ3) is 4.66. The number of oxazole rings is 1. The maximum Gasteiger partial charge on any atom is 0.273 e. The molecule has 1 fully saturated rings. The molecule has 0 radical (unpaired) electrons. The third-order valence-electron chi connectivity index (χ3n) is 4.94. The lowest BCUT2D eigenvalue weighted by Crippen LogP contribution is -2.32. The zero-order valence-corrected chi connectivity index (χ0v) is 17.5. The fraction of sp³-hybridized carbons (Fsp3) is 0.238. The van der Waals surface area contributed by atoms with Crippen LogP contribution < -0.4 is 10.0 Å². The van der Waals surface area contributed by atoms with Gasteiger partial charge >= 0.3 is 0 Å². The van der Waals surface area contributed by atoms with Gasteiger partial charge in [0.2, 0.25) is 5.89 Å². The van der Waals surface area contributed by atoms with E-state index in [9.17, 15) is 13.2 Å². The maximum atomic E-state index is 12.5. The van der Waals surface area contributed by atoms with Gasteiger partial charge in [-0.2, -0.15) is 0 Å². The van der Waals surface area contributed by atoms with Crippen LogP contribution in [-0.4, -0.2) is 25.4 Å². The van der Waals surface area contributed by atoms with Crippen molar-refractivity contribution >= 4 is 33.2 Å². The summed E-state index contributed by atoms with van der Waals surface area (Å²) in [6, 6.07) is 12.6. The number of sulfonamides is 1. The number of nitrogens with one attached hydrogen (secondary N) is 2. The predicted octanol–water partition coefficient (Wildman–Crippen LogP) is 4.47. The van der Waals surface area contributed by atoms with Crippen LogP contribution in [0.3, 0.4) is 0 Å². The topological polar surface area (TPSA) is 101 Å². The molecule has 3 aromatic rings. The van der Waals surface area contributed by atoms with Crippen LogP contribution in [0, 0.1) is 0 Å². The standard InChI is InChI=1S/C21H20ClN3O4S/c22-15-7-11-18(12-8-15)30(27,28)25-17-9-5-14(6-10-17)21-24-19(13-29-21)20(26)23-16-3-1-2-4-16/h5-13,16,25H,1-4H2,(H,23,26). The SMILES string of the molecule is O=C(NC1CCCC1)c1coc(-c2ccc(NS(=O)(=O)c3ccc(Cl)cc3)cc2)n1. The summed E-state index contributed by atoms with van der Waals surface area (Å²) < 4.78 is 32.9. The molecule has 156 valence electrons. The van der Waals surface area contributed by atoms with Gasteiger partial charge in [0.05, 0.1) is 4.90 Å². The van der Waals surface area contributed by atoms with E-state index in [1.807, 2.05) is 0 Å². The van der Waals surface area contributed by atoms with Crippen molar-refractivity contribution in [1.29, 1.82) is 0 Å². The number of halogens is 1. The molecule has 1 aromatic heterocycles. The number of amides is 1. The number of hydrogen-bond donors (Lipinski definition) is 2. The molecule has 0 spiro atoms. The van der Waals surface area contributed by atoms with Gasteiger partial charge in [-0.15, -0.1) is 0 Å². The molecule has 1 heterocycles. The quantitative estimate of drug-likeness (QED) is 0.583. The lowest BCUT2D eigenvalue weighted by atomic mass is 10.2. The van der Waals surface area contributed by atoms with Gasteiger partial charge in [0.15, 0.2) is 5.69 Å². The summed E-state index contributed by atoms with van der Waals surface area (Å²) in [4.78, 5) is 16.7. The molecule has 4 rings (SSSR count). The molecule has 7 nitrogen and oxygen atoms in total. The summed E-state index contributed by atoms with van der Waals surface area (Å²) in [5, 5.41) is 3.43. The van der Waals surface area contributed by atoms with Gasteiger partial charge < -0.3 is 9.73 Å². The van der Waals surface area contributed by atoms with Gasteiger partial charge in [0.25, 0.3) is 15.9 Å². The van der Waals surface area contributed by atoms with E-state index < -0.39 is 10.0 Å². The van der Waals surface area contributed by atoms with Crippen LogP contribution in [0.25, 0.3) is 11.5 Å². The van der Waals surface area contributed by atoms with Gasteiger partial charge in [-0.05, 0) is 61.4 Å². The Morgan fingerprint density at radius 2 is 1.70 bits per heavy atom. The van der Waals surface area contributed by atoms with Gasteiger partial charge in [-0.3, -0.25) is 9.52 Å². The Balaban J connectivity index is 1.44. The molecule has 0 saturated heterocycles. The molecule has 1 aliphatic carbocycles. The van der Waals surface area contributed by atoms with Crippen molar-refractivity contribution < 1.29 is 17.6 Å². The Kier molecular flexibility index (Phi) is 5.78. The van der Waals surface area contributed by atoms with Crippen LogP contribution in [0.5, 0.6) is 0 Å². The Morgan fingerprint density at radius 1 is 1.03 bits per heavy atom. The highest BCUT2D eigenvalue weighted by Gasteiger charge is 2.20. The first-order valence-electron chi connectivity index (χ1n) is 9.56. The number of anilines is 1. The highest BCUT2D eigenvalue weighted by atomic mass is 35.5. The Hall–Kier alpha value is -2.84. The summed E-state index contributed by atoms with van der Waals surface area (Å²) in [7, 11) is -3.73. The minimum atomic E-state index is -3.73. The van der Waals surface area contributed by atoms with Gasteiger partial charge in [-0.1, -0.05) is 24.4 Å². The van der Waals surface area contributed by atoms with Crippen LogP contribution in [-0.2, 0) is 10.0 Å². The molecular weight excluding hydrogens is 426 g/mol. The van der Waals surface area contributed by atoms with Crippen molar-refractivity contribution in [3.8, 4) is 11.5 Å². The second kappa shape index (κ2) is 8.49. The average molecular weight is 446 g/mol. The molecule has 1 amide bonds. The van der Waals surface area contributed by atoms with Crippen molar-refractivity contribution in [1.82, 2.24) is 10.3 Å². The van der Waals surface area contributed by atoms with Crippen molar-refractivity contribution in [3.63, 3.8) is 0 Å². The van der Waals surface area contributed by atoms with E-state index in [2.05, 4.69) is 15.0 Å². The van der Waals surface area contributed by atoms with E-state index in [1.54, 1.807) is 24.3 Å². The van der Waals surface area contributed by atoms with E-state index in [-0.39, 0.29) is 22.5 Å². The van der Waals surface area contributed by atoms with E-state index >= 15 is 0 Å². The largest absolute Gasteiger partial charge is 0.444 e. The molecule has 9 heteroatoms. The fourth-order valence-corrected chi connectivity index (χ4v) is 4.53. The third-order valence-corrected chi connectivity index (χ3v) is 6.58. The lowest BCUT2D eigenvalue weighted by molar-refractivity contribution is 0.0933. The number of aromatic nitrogens is 1. The molecule has 0 unspecified atom stereocenters. The molecule has 0 atom stereocenters. The van der Waals surface area contributed by atoms with Gasteiger partial charge in [-0.25, -0.2) is 13.4 Å². The highest BCUT2D eigenvalue weighted by Crippen LogP contribution is 2.24. The molecule has 2 N–H and O–H groups in total. The number of rotatable bonds is 6. The lowest BCUT2D eigenvalue weighted by Gasteiger charge is -2.09. The normalized spacial score (nSPS) is 14.6. The van der Waals surface area contributed by atoms with Crippen LogP contribution in [0.15, 0.2) is 64.1 Å². The Bertz CT molecular complexity index is 1140. The zero-order chi connectivity index (χ0) is 21.1. The molecular formula is C21H20ClN3O4S. The summed E-state index contributed by atoms with van der Waals surface area (Å²) in [6.45, 7) is 0. The number of hydrogen-bond acceptors (Lipinski definition) is 5. The average Bonchev–Trinajstić information content (AvgIpc) is 3.41. The highest BCUT2D eigenvalue weighted by molar-refractivity contribution is 7.92. The minimum absolute atomic E-state index is 0.113. The fourth-order valence-electron chi connectivity index (χ4n) is 3.35. The van der Waals surface area contributed by atoms with E-state index in [1.165, 1.54) is 30.5 Å². The first-order chi connectivity index (χ1) is 14.4. The van der Waals surface area contributed by atoms with E-state index in [4.69, 9.17) is 16.0 Å². The Labute approximate surface area is 179 Å². The van der Waals surface area contributed by atoms with Gasteiger partial charge in [0, 0.05) is 22.3 Å². The second-order valence-corrected chi connectivity index (χ2v) is 9.25. The zero-order valence-electron chi connectivity index (χ0n) is 16.0. The first kappa shape index (κ1) is 20.4. The minimum Gasteiger partial charge on any atom is -0.444 e. The van der Waals surface area contributed by atoms with Crippen molar-refractivity contribution in [2.75, 3.05) is 4.72 Å². The molecule has 30 heavy (non-hydrogen) atoms. The number of carbonyl (C=O) groups is 1. The summed E-state index contributed by atoms with van der Waals surface area (Å²) in [5.74, 6) is 0.0444. The summed E-state index contributed by atoms with van der Waals surface area (Å²) in [6.07, 6.45) is 5.57. The number of benzene rings is 2. The molecule has 2 aromatic carbocycles. The van der Waals surface area contributed by atoms with Crippen LogP contribution in [0.2, 0.25) is 5.02 Å². The van der Waals surface area contributed by atoms with Crippen molar-refractivity contribution in [3.05, 3.63) is 65.5 Å². The molecule has 1 saturated carbocycles. The molecule has 0 bridgehead atoms. The predicted molar refractivity (Wildman–Crippen MR) is 114 cm³/mol. The second-order valence-electron chi connectivity index (χ2n) is 7.13. The van der Waals surface area contributed by atoms with E-state index in [0.717, 1.165) is 25.7 Å². The number of carbonyl (C=O) groups excluding carboxylic acids is 1. The maximum absolute atomic E-state index is 12.5. The van der Waals surface area contributed by atoms with Crippen LogP contribution in [0.1, 0.15) is 36.2 Å². The van der Waals surface area contributed by atoms with Crippen LogP contribution >= 0.6 is 11.6 Å². The monoisotopic (exact) mass is 445 g/mol. The Morgan fingerprint density at radius 3 is 2.37 bits per heavy atom. The van der Waals surface area contributed by atoms with Crippen LogP contribution in [0.4, 0.5) is 5.69 Å².